The lowest BCUT2D eigenvalue weighted by Crippen LogP contribution is -2.45. The maximum Gasteiger partial charge on any atom is 0.317 e. The number of nitrogens with one attached hydrogen (secondary N) is 1. The summed E-state index contributed by atoms with van der Waals surface area (Å²) in [5.41, 5.74) is 0. The fourth-order valence-corrected chi connectivity index (χ4v) is 2.16. The zero-order valence-electron chi connectivity index (χ0n) is 11.5. The van der Waals surface area contributed by atoms with Crippen LogP contribution >= 0.6 is 0 Å². The predicted molar refractivity (Wildman–Crippen MR) is 70.8 cm³/mol. The van der Waals surface area contributed by atoms with E-state index in [-0.39, 0.29) is 25.0 Å². The van der Waals surface area contributed by atoms with Crippen molar-refractivity contribution in [3.8, 4) is 0 Å². The number of hydrogen-bond donors (Lipinski definition) is 3. The molecule has 0 aromatic rings. The topological polar surface area (TPSA) is 89.9 Å². The molecule has 1 rings (SSSR count). The highest BCUT2D eigenvalue weighted by Gasteiger charge is 2.22. The maximum absolute atomic E-state index is 11.9. The molecule has 2 amide bonds. The summed E-state index contributed by atoms with van der Waals surface area (Å²) in [6, 6.07) is -0.0847. The first-order valence-corrected chi connectivity index (χ1v) is 6.88. The van der Waals surface area contributed by atoms with E-state index >= 15 is 0 Å². The van der Waals surface area contributed by atoms with Gasteiger partial charge in [-0.05, 0) is 31.1 Å². The first-order chi connectivity index (χ1) is 9.02. The van der Waals surface area contributed by atoms with Crippen LogP contribution in [0.1, 0.15) is 32.6 Å². The molecule has 1 atom stereocenters. The van der Waals surface area contributed by atoms with E-state index in [0.717, 1.165) is 12.8 Å². The van der Waals surface area contributed by atoms with E-state index in [1.807, 2.05) is 6.92 Å². The van der Waals surface area contributed by atoms with Crippen LogP contribution in [0.25, 0.3) is 0 Å². The van der Waals surface area contributed by atoms with Crippen molar-refractivity contribution in [1.29, 1.82) is 0 Å². The SMILES string of the molecule is CC(CCC(=O)O)CNC(=O)N1CCC(CO)CC1. The Morgan fingerprint density at radius 3 is 2.53 bits per heavy atom. The number of urea groups is 1. The molecule has 0 aromatic carbocycles. The highest BCUT2D eigenvalue weighted by molar-refractivity contribution is 5.74. The summed E-state index contributed by atoms with van der Waals surface area (Å²) in [6.07, 6.45) is 2.40. The van der Waals surface area contributed by atoms with Crippen molar-refractivity contribution in [2.45, 2.75) is 32.6 Å². The Hall–Kier alpha value is -1.30. The number of aliphatic hydroxyl groups is 1. The number of carbonyl (C=O) groups excluding carboxylic acids is 1. The van der Waals surface area contributed by atoms with Crippen molar-refractivity contribution >= 4 is 12.0 Å². The van der Waals surface area contributed by atoms with Crippen LogP contribution in [0.3, 0.4) is 0 Å². The normalized spacial score (nSPS) is 18.1. The number of piperidine rings is 1. The Balaban J connectivity index is 2.19. The number of carboxylic acids is 1. The molecule has 0 aromatic heterocycles. The van der Waals surface area contributed by atoms with Crippen LogP contribution in [0.5, 0.6) is 0 Å². The first kappa shape index (κ1) is 15.8. The molecule has 19 heavy (non-hydrogen) atoms. The van der Waals surface area contributed by atoms with Crippen molar-refractivity contribution in [3.05, 3.63) is 0 Å². The van der Waals surface area contributed by atoms with Gasteiger partial charge in [0.15, 0.2) is 0 Å². The maximum atomic E-state index is 11.9. The number of hydrogen-bond acceptors (Lipinski definition) is 3. The van der Waals surface area contributed by atoms with Crippen LogP contribution in [0.2, 0.25) is 0 Å². The van der Waals surface area contributed by atoms with Gasteiger partial charge < -0.3 is 20.4 Å². The van der Waals surface area contributed by atoms with Gasteiger partial charge in [0, 0.05) is 32.7 Å². The Bertz CT molecular complexity index is 301. The van der Waals surface area contributed by atoms with Crippen LogP contribution in [0, 0.1) is 11.8 Å². The van der Waals surface area contributed by atoms with Gasteiger partial charge >= 0.3 is 12.0 Å². The largest absolute Gasteiger partial charge is 0.481 e. The van der Waals surface area contributed by atoms with Crippen molar-refractivity contribution in [1.82, 2.24) is 10.2 Å². The van der Waals surface area contributed by atoms with E-state index in [0.29, 0.717) is 32.0 Å². The van der Waals surface area contributed by atoms with Gasteiger partial charge in [0.1, 0.15) is 0 Å². The summed E-state index contributed by atoms with van der Waals surface area (Å²) < 4.78 is 0. The summed E-state index contributed by atoms with van der Waals surface area (Å²) in [5.74, 6) is -0.321. The zero-order chi connectivity index (χ0) is 14.3. The molecular weight excluding hydrogens is 248 g/mol. The molecule has 110 valence electrons. The molecule has 1 aliphatic rings. The Labute approximate surface area is 113 Å². The first-order valence-electron chi connectivity index (χ1n) is 6.88. The third-order valence-corrected chi connectivity index (χ3v) is 3.61. The van der Waals surface area contributed by atoms with Gasteiger partial charge in [0.2, 0.25) is 0 Å². The van der Waals surface area contributed by atoms with Crippen LogP contribution in [-0.2, 0) is 4.79 Å². The highest BCUT2D eigenvalue weighted by Crippen LogP contribution is 2.16. The average Bonchev–Trinajstić information content (AvgIpc) is 2.42. The van der Waals surface area contributed by atoms with E-state index in [9.17, 15) is 9.59 Å². The van der Waals surface area contributed by atoms with E-state index in [4.69, 9.17) is 10.2 Å². The lowest BCUT2D eigenvalue weighted by Gasteiger charge is -2.31. The minimum Gasteiger partial charge on any atom is -0.481 e. The minimum absolute atomic E-state index is 0.0847. The third kappa shape index (κ3) is 5.92. The van der Waals surface area contributed by atoms with E-state index < -0.39 is 5.97 Å². The lowest BCUT2D eigenvalue weighted by molar-refractivity contribution is -0.137. The minimum atomic E-state index is -0.802. The molecule has 0 saturated carbocycles. The third-order valence-electron chi connectivity index (χ3n) is 3.61. The second-order valence-electron chi connectivity index (χ2n) is 5.34. The summed E-state index contributed by atoms with van der Waals surface area (Å²) in [5, 5.41) is 20.4. The standard InChI is InChI=1S/C13H24N2O4/c1-10(2-3-12(17)18)8-14-13(19)15-6-4-11(9-16)5-7-15/h10-11,16H,2-9H2,1H3,(H,14,19)(H,17,18). The highest BCUT2D eigenvalue weighted by atomic mass is 16.4. The van der Waals surface area contributed by atoms with Crippen LogP contribution in [-0.4, -0.2) is 53.4 Å². The van der Waals surface area contributed by atoms with Gasteiger partial charge in [-0.15, -0.1) is 0 Å². The zero-order valence-corrected chi connectivity index (χ0v) is 11.5. The van der Waals surface area contributed by atoms with Gasteiger partial charge in [-0.1, -0.05) is 6.92 Å². The molecule has 1 heterocycles. The van der Waals surface area contributed by atoms with Gasteiger partial charge in [0.05, 0.1) is 0 Å². The Morgan fingerprint density at radius 2 is 2.00 bits per heavy atom. The number of carboxylic acid groups (broad SMARTS) is 1. The second kappa shape index (κ2) is 7.99. The molecule has 1 fully saturated rings. The molecule has 6 nitrogen and oxygen atoms in total. The fraction of sp³-hybridized carbons (Fsp3) is 0.846. The molecule has 0 radical (unpaired) electrons. The number of likely N-dealkylation sites (tertiary alicyclic amines) is 1. The lowest BCUT2D eigenvalue weighted by atomic mass is 9.98. The summed E-state index contributed by atoms with van der Waals surface area (Å²) in [6.45, 7) is 4.00. The average molecular weight is 272 g/mol. The predicted octanol–water partition coefficient (Wildman–Crippen LogP) is 0.901. The number of carbonyl (C=O) groups is 2. The Kier molecular flexibility index (Phi) is 6.62. The molecule has 1 saturated heterocycles. The summed E-state index contributed by atoms with van der Waals surface area (Å²) >= 11 is 0. The molecule has 3 N–H and O–H groups in total. The molecule has 6 heteroatoms. The van der Waals surface area contributed by atoms with E-state index in [1.165, 1.54) is 0 Å². The molecule has 0 bridgehead atoms. The quantitative estimate of drug-likeness (QED) is 0.670. The number of aliphatic carboxylic acids is 1. The number of rotatable bonds is 6. The number of aliphatic hydroxyl groups excluding tert-OH is 1. The summed E-state index contributed by atoms with van der Waals surface area (Å²) in [7, 11) is 0. The van der Waals surface area contributed by atoms with Crippen molar-refractivity contribution in [2.75, 3.05) is 26.2 Å². The summed E-state index contributed by atoms with van der Waals surface area (Å²) in [4.78, 5) is 24.1. The van der Waals surface area contributed by atoms with Gasteiger partial charge in [-0.3, -0.25) is 4.79 Å². The molecule has 0 aliphatic carbocycles. The van der Waals surface area contributed by atoms with E-state index in [2.05, 4.69) is 5.32 Å². The molecular formula is C13H24N2O4. The smallest absolute Gasteiger partial charge is 0.317 e. The fourth-order valence-electron chi connectivity index (χ4n) is 2.16. The van der Waals surface area contributed by atoms with Gasteiger partial charge in [-0.2, -0.15) is 0 Å². The van der Waals surface area contributed by atoms with Gasteiger partial charge in [-0.25, -0.2) is 4.79 Å². The van der Waals surface area contributed by atoms with Crippen LogP contribution < -0.4 is 5.32 Å². The molecule has 1 aliphatic heterocycles. The van der Waals surface area contributed by atoms with Crippen molar-refractivity contribution < 1.29 is 19.8 Å². The van der Waals surface area contributed by atoms with Crippen molar-refractivity contribution in [3.63, 3.8) is 0 Å². The van der Waals surface area contributed by atoms with Crippen LogP contribution in [0.4, 0.5) is 4.79 Å². The van der Waals surface area contributed by atoms with Crippen LogP contribution in [0.15, 0.2) is 0 Å². The van der Waals surface area contributed by atoms with Gasteiger partial charge in [0.25, 0.3) is 0 Å². The molecule has 1 unspecified atom stereocenters. The number of amides is 2. The monoisotopic (exact) mass is 272 g/mol. The second-order valence-corrected chi connectivity index (χ2v) is 5.34. The van der Waals surface area contributed by atoms with E-state index in [1.54, 1.807) is 4.90 Å². The Morgan fingerprint density at radius 1 is 1.37 bits per heavy atom. The molecule has 0 spiro atoms. The van der Waals surface area contributed by atoms with Crippen molar-refractivity contribution in [2.24, 2.45) is 11.8 Å². The number of nitrogens with zero attached hydrogens (tertiary/aromatic N) is 1.